The Balaban J connectivity index is 0.000000159. The summed E-state index contributed by atoms with van der Waals surface area (Å²) in [7, 11) is 4.79. The van der Waals surface area contributed by atoms with Gasteiger partial charge in [0.25, 0.3) is 17.7 Å². The topological polar surface area (TPSA) is 241 Å². The van der Waals surface area contributed by atoms with Crippen molar-refractivity contribution in [2.45, 2.75) is 27.2 Å². The summed E-state index contributed by atoms with van der Waals surface area (Å²) in [6.45, 7) is 6.53. The van der Waals surface area contributed by atoms with Crippen molar-refractivity contribution >= 4 is 84.6 Å². The molecule has 16 nitrogen and oxygen atoms in total. The number of carbonyl (C=O) groups excluding carboxylic acids is 3. The van der Waals surface area contributed by atoms with Gasteiger partial charge in [-0.1, -0.05) is 55.5 Å². The zero-order chi connectivity index (χ0) is 51.3. The van der Waals surface area contributed by atoms with Crippen molar-refractivity contribution in [3.63, 3.8) is 0 Å². The molecule has 0 saturated heterocycles. The van der Waals surface area contributed by atoms with Crippen LogP contribution in [-0.2, 0) is 6.42 Å². The fraction of sp³-hybridized carbons (Fsp3) is 0.143. The van der Waals surface area contributed by atoms with E-state index in [1.54, 1.807) is 21.3 Å². The number of hydrogen-bond donors (Lipinski definition) is 6. The maximum Gasteiger partial charge on any atom is 0.252 e. The molecule has 0 unspecified atom stereocenters. The number of methoxy groups -OCH3 is 3. The molecule has 16 heteroatoms. The second-order valence-electron chi connectivity index (χ2n) is 16.0. The number of rotatable bonds is 15. The first kappa shape index (κ1) is 50.4. The van der Waals surface area contributed by atoms with Crippen LogP contribution in [0, 0.1) is 6.92 Å². The Morgan fingerprint density at radius 3 is 1.26 bits per heavy atom. The number of primary amides is 3. The molecule has 0 aliphatic heterocycles. The third kappa shape index (κ3) is 11.5. The smallest absolute Gasteiger partial charge is 0.252 e. The van der Waals surface area contributed by atoms with Crippen molar-refractivity contribution in [2.24, 2.45) is 17.2 Å². The Hall–Kier alpha value is -9.44. The summed E-state index contributed by atoms with van der Waals surface area (Å²) >= 11 is 0. The van der Waals surface area contributed by atoms with Gasteiger partial charge in [0.2, 0.25) is 0 Å². The molecule has 0 spiro atoms. The molecule has 0 aliphatic rings. The summed E-state index contributed by atoms with van der Waals surface area (Å²) in [6.07, 6.45) is 5.36. The molecule has 72 heavy (non-hydrogen) atoms. The van der Waals surface area contributed by atoms with Gasteiger partial charge in [0.15, 0.2) is 0 Å². The number of carbonyl (C=O) groups is 3. The molecule has 9 N–H and O–H groups in total. The predicted molar refractivity (Wildman–Crippen MR) is 285 cm³/mol. The average Bonchev–Trinajstić information content (AvgIpc) is 3.39. The first-order valence-electron chi connectivity index (χ1n) is 22.8. The first-order valence-corrected chi connectivity index (χ1v) is 22.8. The lowest BCUT2D eigenvalue weighted by atomic mass is 10.1. The van der Waals surface area contributed by atoms with Crippen molar-refractivity contribution in [3.8, 4) is 23.0 Å². The number of nitrogens with two attached hydrogens (primary N) is 3. The van der Waals surface area contributed by atoms with Crippen LogP contribution in [0.15, 0.2) is 146 Å². The molecule has 0 aliphatic carbocycles. The van der Waals surface area contributed by atoms with Crippen LogP contribution >= 0.6 is 0 Å². The van der Waals surface area contributed by atoms with Gasteiger partial charge in [0.1, 0.15) is 23.0 Å². The second-order valence-corrected chi connectivity index (χ2v) is 16.0. The lowest BCUT2D eigenvalue weighted by Crippen LogP contribution is -2.14. The minimum absolute atomic E-state index is 0.298. The summed E-state index contributed by atoms with van der Waals surface area (Å²) in [4.78, 5) is 48.5. The van der Waals surface area contributed by atoms with Gasteiger partial charge in [-0.3, -0.25) is 29.3 Å². The third-order valence-electron chi connectivity index (χ3n) is 11.5. The van der Waals surface area contributed by atoms with E-state index in [4.69, 9.17) is 36.1 Å². The SMILES string of the molecule is CCOc1ccccc1Nc1c(C(N)=O)cnc2ccc(OC)cc12.CCc1ccccc1Nc1c(C(N)=O)cnc2ccc(OC)cc12.COc1ccc2ncc(C(N)=O)c(Nc3ccccc3C)c2c1. The van der Waals surface area contributed by atoms with Gasteiger partial charge in [-0.2, -0.15) is 0 Å². The summed E-state index contributed by atoms with van der Waals surface area (Å²) in [6, 6.07) is 39.9. The number of aromatic nitrogens is 3. The second kappa shape index (κ2) is 23.2. The van der Waals surface area contributed by atoms with E-state index in [-0.39, 0.29) is 0 Å². The number of aryl methyl sites for hydroxylation is 2. The normalized spacial score (nSPS) is 10.5. The van der Waals surface area contributed by atoms with Crippen molar-refractivity contribution < 1.29 is 33.3 Å². The zero-order valence-corrected chi connectivity index (χ0v) is 40.7. The number of amides is 3. The van der Waals surface area contributed by atoms with Gasteiger partial charge in [0, 0.05) is 46.1 Å². The highest BCUT2D eigenvalue weighted by Crippen LogP contribution is 2.37. The van der Waals surface area contributed by atoms with E-state index < -0.39 is 17.7 Å². The Labute approximate surface area is 416 Å². The number of anilines is 6. The lowest BCUT2D eigenvalue weighted by molar-refractivity contribution is 0.0992. The maximum atomic E-state index is 11.9. The fourth-order valence-electron chi connectivity index (χ4n) is 7.78. The molecule has 0 radical (unpaired) electrons. The quantitative estimate of drug-likeness (QED) is 0.0561. The maximum absolute atomic E-state index is 11.9. The third-order valence-corrected chi connectivity index (χ3v) is 11.5. The Morgan fingerprint density at radius 2 is 0.861 bits per heavy atom. The Bertz CT molecular complexity index is 3440. The van der Waals surface area contributed by atoms with E-state index in [2.05, 4.69) is 43.9 Å². The van der Waals surface area contributed by atoms with Crippen LogP contribution in [0.25, 0.3) is 32.7 Å². The van der Waals surface area contributed by atoms with Crippen LogP contribution in [-0.4, -0.2) is 60.6 Å². The predicted octanol–water partition coefficient (Wildman–Crippen LogP) is 10.5. The largest absolute Gasteiger partial charge is 0.497 e. The summed E-state index contributed by atoms with van der Waals surface area (Å²) in [5, 5.41) is 12.3. The molecule has 3 aromatic heterocycles. The van der Waals surface area contributed by atoms with Gasteiger partial charge in [-0.15, -0.1) is 0 Å². The van der Waals surface area contributed by atoms with E-state index in [1.807, 2.05) is 135 Å². The highest BCUT2D eigenvalue weighted by atomic mass is 16.5. The van der Waals surface area contributed by atoms with Crippen LogP contribution in [0.4, 0.5) is 34.1 Å². The van der Waals surface area contributed by atoms with Crippen molar-refractivity contribution in [1.29, 1.82) is 0 Å². The molecule has 9 rings (SSSR count). The minimum atomic E-state index is -0.561. The Morgan fingerprint density at radius 1 is 0.486 bits per heavy atom. The highest BCUT2D eigenvalue weighted by molar-refractivity contribution is 6.10. The van der Waals surface area contributed by atoms with Crippen LogP contribution in [0.3, 0.4) is 0 Å². The van der Waals surface area contributed by atoms with Gasteiger partial charge in [-0.05, 0) is 110 Å². The number of pyridine rings is 3. The number of fused-ring (bicyclic) bond motifs is 3. The monoisotopic (exact) mass is 965 g/mol. The molecule has 3 amide bonds. The molecular formula is C56H55N9O7. The molecular weight excluding hydrogens is 911 g/mol. The molecule has 0 saturated carbocycles. The van der Waals surface area contributed by atoms with Crippen LogP contribution in [0.2, 0.25) is 0 Å². The molecule has 3 heterocycles. The number of para-hydroxylation sites is 4. The van der Waals surface area contributed by atoms with Crippen molar-refractivity contribution in [2.75, 3.05) is 43.9 Å². The molecule has 366 valence electrons. The van der Waals surface area contributed by atoms with E-state index >= 15 is 0 Å². The van der Waals surface area contributed by atoms with Crippen molar-refractivity contribution in [1.82, 2.24) is 15.0 Å². The minimum Gasteiger partial charge on any atom is -0.497 e. The number of benzene rings is 6. The number of nitrogens with zero attached hydrogens (tertiary/aromatic N) is 3. The van der Waals surface area contributed by atoms with Crippen LogP contribution < -0.4 is 52.1 Å². The molecule has 0 fully saturated rings. The van der Waals surface area contributed by atoms with Gasteiger partial charge in [-0.25, -0.2) is 0 Å². The first-order chi connectivity index (χ1) is 34.9. The van der Waals surface area contributed by atoms with Crippen LogP contribution in [0.5, 0.6) is 23.0 Å². The molecule has 6 aromatic carbocycles. The van der Waals surface area contributed by atoms with Gasteiger partial charge in [0.05, 0.1) is 83.9 Å². The van der Waals surface area contributed by atoms with E-state index in [0.717, 1.165) is 67.3 Å². The average molecular weight is 966 g/mol. The van der Waals surface area contributed by atoms with E-state index in [1.165, 1.54) is 18.6 Å². The molecule has 0 atom stereocenters. The number of ether oxygens (including phenoxy) is 4. The van der Waals surface area contributed by atoms with Gasteiger partial charge < -0.3 is 52.1 Å². The fourth-order valence-corrected chi connectivity index (χ4v) is 7.78. The number of hydrogen-bond acceptors (Lipinski definition) is 13. The van der Waals surface area contributed by atoms with Crippen molar-refractivity contribution in [3.05, 3.63) is 174 Å². The lowest BCUT2D eigenvalue weighted by Gasteiger charge is -2.16. The van der Waals surface area contributed by atoms with E-state index in [0.29, 0.717) is 63.4 Å². The summed E-state index contributed by atoms with van der Waals surface area (Å²) < 4.78 is 21.5. The standard InChI is InChI=1S/C19H19N3O3.C19H19N3O2.C18H17N3O2/c1-3-25-17-7-5-4-6-16(17)22-18-13-10-12(24-2)8-9-15(13)21-11-14(18)19(20)23;1-3-12-6-4-5-7-16(12)22-18-14-10-13(24-2)8-9-17(14)21-11-15(18)19(20)23;1-11-5-3-4-6-15(11)21-17-13-9-12(23-2)7-8-16(13)20-10-14(17)18(19)22/h4-11H,3H2,1-2H3,(H2,20,23)(H,21,22);4-11H,3H2,1-2H3,(H2,20,23)(H,21,22);3-10H,1-2H3,(H2,19,22)(H,20,21). The van der Waals surface area contributed by atoms with Crippen LogP contribution in [0.1, 0.15) is 56.0 Å². The van der Waals surface area contributed by atoms with Gasteiger partial charge >= 0.3 is 0 Å². The van der Waals surface area contributed by atoms with E-state index in [9.17, 15) is 14.4 Å². The Kier molecular flexibility index (Phi) is 16.3. The number of nitrogens with one attached hydrogen (secondary N) is 3. The molecule has 9 aromatic rings. The highest BCUT2D eigenvalue weighted by Gasteiger charge is 2.19. The summed E-state index contributed by atoms with van der Waals surface area (Å²) in [5.74, 6) is 1.12. The summed E-state index contributed by atoms with van der Waals surface area (Å²) in [5.41, 5.74) is 26.5. The molecule has 0 bridgehead atoms. The zero-order valence-electron chi connectivity index (χ0n) is 40.7.